The zero-order valence-corrected chi connectivity index (χ0v) is 29.1. The number of aliphatic hydroxyl groups excluding tert-OH is 1. The van der Waals surface area contributed by atoms with Crippen molar-refractivity contribution in [3.8, 4) is 0 Å². The number of hydrogen-bond donors (Lipinski definition) is 4. The van der Waals surface area contributed by atoms with Crippen LogP contribution in [-0.4, -0.2) is 59.3 Å². The number of esters is 1. The fourth-order valence-corrected chi connectivity index (χ4v) is 5.07. The number of carbonyl (C=O) groups excluding carboxylic acids is 3. The minimum Gasteiger partial charge on any atom is -0.480 e. The molecule has 0 saturated heterocycles. The maximum Gasteiger partial charge on any atom is 0.328 e. The molecule has 0 saturated carbocycles. The van der Waals surface area contributed by atoms with Crippen molar-refractivity contribution in [3.63, 3.8) is 0 Å². The van der Waals surface area contributed by atoms with Gasteiger partial charge < -0.3 is 25.6 Å². The molecule has 0 fully saturated rings. The van der Waals surface area contributed by atoms with E-state index >= 15 is 0 Å². The highest BCUT2D eigenvalue weighted by Gasteiger charge is 2.18. The Morgan fingerprint density at radius 2 is 1.24 bits per heavy atom. The summed E-state index contributed by atoms with van der Waals surface area (Å²) in [5.41, 5.74) is 0. The monoisotopic (exact) mass is 650 g/mol. The molecule has 46 heavy (non-hydrogen) atoms. The highest BCUT2D eigenvalue weighted by Crippen LogP contribution is 2.15. The van der Waals surface area contributed by atoms with Crippen LogP contribution in [0.1, 0.15) is 162 Å². The van der Waals surface area contributed by atoms with Gasteiger partial charge in [-0.2, -0.15) is 0 Å². The predicted octanol–water partition coefficient (Wildman–Crippen LogP) is 7.70. The number of aliphatic carboxylic acids is 1. The molecule has 0 aliphatic rings. The lowest BCUT2D eigenvalue weighted by Crippen LogP contribution is -2.47. The van der Waals surface area contributed by atoms with E-state index in [2.05, 4.69) is 48.8 Å². The number of hydrogen-bond acceptors (Lipinski definition) is 6. The van der Waals surface area contributed by atoms with E-state index in [0.717, 1.165) is 64.2 Å². The van der Waals surface area contributed by atoms with Gasteiger partial charge in [0, 0.05) is 12.8 Å². The molecule has 266 valence electrons. The molecule has 0 aromatic rings. The summed E-state index contributed by atoms with van der Waals surface area (Å²) < 4.78 is 5.87. The largest absolute Gasteiger partial charge is 0.480 e. The summed E-state index contributed by atoms with van der Waals surface area (Å²) in [4.78, 5) is 47.1. The Morgan fingerprint density at radius 3 is 1.85 bits per heavy atom. The summed E-state index contributed by atoms with van der Waals surface area (Å²) in [6, 6.07) is -1.38. The Balaban J connectivity index is 4.28. The Bertz CT molecular complexity index is 844. The Labute approximate surface area is 279 Å². The third-order valence-electron chi connectivity index (χ3n) is 7.94. The van der Waals surface area contributed by atoms with E-state index < -0.39 is 24.5 Å². The van der Waals surface area contributed by atoms with Gasteiger partial charge in [0.05, 0.1) is 13.2 Å². The Morgan fingerprint density at radius 1 is 0.674 bits per heavy atom. The molecule has 0 rings (SSSR count). The lowest BCUT2D eigenvalue weighted by atomic mass is 10.1. The van der Waals surface area contributed by atoms with Gasteiger partial charge in [0.25, 0.3) is 0 Å². The number of ether oxygens (including phenoxy) is 1. The van der Waals surface area contributed by atoms with Gasteiger partial charge in [0.2, 0.25) is 11.8 Å². The molecule has 2 atom stereocenters. The quantitative estimate of drug-likeness (QED) is 0.0332. The van der Waals surface area contributed by atoms with Crippen molar-refractivity contribution in [1.82, 2.24) is 10.6 Å². The lowest BCUT2D eigenvalue weighted by molar-refractivity contribution is -0.147. The Kier molecular flexibility index (Phi) is 30.4. The zero-order chi connectivity index (χ0) is 34.1. The number of unbranched alkanes of at least 4 members (excludes halogenated alkanes) is 16. The second-order valence-electron chi connectivity index (χ2n) is 12.3. The third-order valence-corrected chi connectivity index (χ3v) is 7.94. The molecular weight excluding hydrogens is 584 g/mol. The number of nitrogens with one attached hydrogen (secondary N) is 2. The maximum absolute atomic E-state index is 12.6. The molecule has 2 unspecified atom stereocenters. The van der Waals surface area contributed by atoms with Crippen molar-refractivity contribution in [2.45, 2.75) is 174 Å². The van der Waals surface area contributed by atoms with Gasteiger partial charge in [-0.25, -0.2) is 4.79 Å². The van der Waals surface area contributed by atoms with Crippen LogP contribution in [-0.2, 0) is 23.9 Å². The van der Waals surface area contributed by atoms with Gasteiger partial charge in [-0.3, -0.25) is 14.4 Å². The van der Waals surface area contributed by atoms with Gasteiger partial charge >= 0.3 is 11.9 Å². The molecule has 0 radical (unpaired) electrons. The summed E-state index contributed by atoms with van der Waals surface area (Å²) in [6.45, 7) is 3.41. The standard InChI is InChI=1S/C37H66N2O7/c1-3-5-7-9-11-13-15-21-25-29-36(43)46-32(26-22-18-14-12-10-8-6-4-2)27-23-19-16-17-20-24-28-34(41)38-30-35(42)39-33(31-40)37(44)45/h12,14,22,26,32-33,40H,3-11,13,15-21,23-25,27-31H2,1-2H3,(H,38,41)(H,39,42)(H,44,45)/b14-12-,26-22-. The van der Waals surface area contributed by atoms with Gasteiger partial charge in [0.1, 0.15) is 12.1 Å². The van der Waals surface area contributed by atoms with Gasteiger partial charge in [-0.1, -0.05) is 122 Å². The molecule has 9 nitrogen and oxygen atoms in total. The van der Waals surface area contributed by atoms with E-state index in [0.29, 0.717) is 19.3 Å². The average Bonchev–Trinajstić information content (AvgIpc) is 3.03. The molecule has 0 spiro atoms. The fourth-order valence-electron chi connectivity index (χ4n) is 5.07. The van der Waals surface area contributed by atoms with E-state index in [1.54, 1.807) is 0 Å². The molecule has 0 aromatic heterocycles. The average molecular weight is 651 g/mol. The van der Waals surface area contributed by atoms with Crippen LogP contribution in [0.4, 0.5) is 0 Å². The first-order valence-electron chi connectivity index (χ1n) is 18.2. The van der Waals surface area contributed by atoms with Crippen LogP contribution >= 0.6 is 0 Å². The van der Waals surface area contributed by atoms with Crippen molar-refractivity contribution < 1.29 is 34.1 Å². The van der Waals surface area contributed by atoms with E-state index in [1.165, 1.54) is 64.2 Å². The summed E-state index contributed by atoms with van der Waals surface area (Å²) in [6.07, 6.45) is 32.3. The van der Waals surface area contributed by atoms with Crippen molar-refractivity contribution in [3.05, 3.63) is 24.3 Å². The van der Waals surface area contributed by atoms with Crippen LogP contribution < -0.4 is 10.6 Å². The number of aliphatic hydroxyl groups is 1. The van der Waals surface area contributed by atoms with Crippen LogP contribution in [0, 0.1) is 0 Å². The van der Waals surface area contributed by atoms with Crippen molar-refractivity contribution in [1.29, 1.82) is 0 Å². The number of rotatable bonds is 32. The van der Waals surface area contributed by atoms with Crippen LogP contribution in [0.15, 0.2) is 24.3 Å². The number of carboxylic acid groups (broad SMARTS) is 1. The third kappa shape index (κ3) is 28.8. The smallest absolute Gasteiger partial charge is 0.328 e. The van der Waals surface area contributed by atoms with Crippen molar-refractivity contribution >= 4 is 23.8 Å². The van der Waals surface area contributed by atoms with Gasteiger partial charge in [0.15, 0.2) is 0 Å². The van der Waals surface area contributed by atoms with E-state index in [4.69, 9.17) is 14.9 Å². The summed E-state index contributed by atoms with van der Waals surface area (Å²) in [7, 11) is 0. The predicted molar refractivity (Wildman–Crippen MR) is 185 cm³/mol. The highest BCUT2D eigenvalue weighted by molar-refractivity contribution is 5.87. The molecule has 0 heterocycles. The summed E-state index contributed by atoms with van der Waals surface area (Å²) >= 11 is 0. The molecular formula is C37H66N2O7. The normalized spacial score (nSPS) is 12.8. The van der Waals surface area contributed by atoms with Crippen LogP contribution in [0.3, 0.4) is 0 Å². The summed E-state index contributed by atoms with van der Waals surface area (Å²) in [5.74, 6) is -2.35. The molecule has 0 aliphatic heterocycles. The number of carboxylic acids is 1. The number of allylic oxidation sites excluding steroid dienone is 3. The zero-order valence-electron chi connectivity index (χ0n) is 29.1. The van der Waals surface area contributed by atoms with Gasteiger partial charge in [-0.05, 0) is 51.0 Å². The summed E-state index contributed by atoms with van der Waals surface area (Å²) in [5, 5.41) is 22.4. The minimum atomic E-state index is -1.38. The molecule has 4 N–H and O–H groups in total. The number of carbonyl (C=O) groups is 4. The molecule has 0 aliphatic carbocycles. The first-order chi connectivity index (χ1) is 22.3. The lowest BCUT2D eigenvalue weighted by Gasteiger charge is -2.15. The second-order valence-corrected chi connectivity index (χ2v) is 12.3. The highest BCUT2D eigenvalue weighted by atomic mass is 16.5. The Hall–Kier alpha value is -2.68. The molecule has 2 amide bonds. The molecule has 0 bridgehead atoms. The first-order valence-corrected chi connectivity index (χ1v) is 18.2. The number of amides is 2. The SMILES string of the molecule is CCCCC/C=C\C/C=C\C(CCCCCCCCC(=O)NCC(=O)NC(CO)C(=O)O)OC(=O)CCCCCCCCCCC. The van der Waals surface area contributed by atoms with Crippen LogP contribution in [0.25, 0.3) is 0 Å². The minimum absolute atomic E-state index is 0.0986. The maximum atomic E-state index is 12.6. The van der Waals surface area contributed by atoms with E-state index in [9.17, 15) is 19.2 Å². The van der Waals surface area contributed by atoms with Gasteiger partial charge in [-0.15, -0.1) is 0 Å². The second kappa shape index (κ2) is 32.3. The van der Waals surface area contributed by atoms with Crippen molar-refractivity contribution in [2.24, 2.45) is 0 Å². The van der Waals surface area contributed by atoms with E-state index in [1.807, 2.05) is 0 Å². The molecule has 9 heteroatoms. The van der Waals surface area contributed by atoms with E-state index in [-0.39, 0.29) is 24.5 Å². The first kappa shape index (κ1) is 43.3. The van der Waals surface area contributed by atoms with Crippen LogP contribution in [0.2, 0.25) is 0 Å². The van der Waals surface area contributed by atoms with Crippen molar-refractivity contribution in [2.75, 3.05) is 13.2 Å². The molecule has 0 aromatic carbocycles. The van der Waals surface area contributed by atoms with Crippen LogP contribution in [0.5, 0.6) is 0 Å². The fraction of sp³-hybridized carbons (Fsp3) is 0.784. The topological polar surface area (TPSA) is 142 Å².